The predicted molar refractivity (Wildman–Crippen MR) is 146 cm³/mol. The number of hydrazone groups is 1. The molecule has 1 aliphatic rings. The molecule has 0 bridgehead atoms. The van der Waals surface area contributed by atoms with E-state index in [0.29, 0.717) is 5.92 Å². The molecule has 3 heterocycles. The molecule has 0 radical (unpaired) electrons. The molecule has 38 heavy (non-hydrogen) atoms. The van der Waals surface area contributed by atoms with Crippen molar-refractivity contribution in [3.05, 3.63) is 67.8 Å². The van der Waals surface area contributed by atoms with Gasteiger partial charge in [-0.1, -0.05) is 18.2 Å². The minimum atomic E-state index is 0. The number of likely N-dealkylation sites (tertiary alicyclic amines) is 1. The summed E-state index contributed by atoms with van der Waals surface area (Å²) in [5.74, 6) is 0.626. The molecule has 0 saturated carbocycles. The summed E-state index contributed by atoms with van der Waals surface area (Å²) in [5, 5.41) is 6.67. The van der Waals surface area contributed by atoms with Gasteiger partial charge in [0.2, 0.25) is 6.33 Å². The Hall–Kier alpha value is -1.97. The van der Waals surface area contributed by atoms with Crippen molar-refractivity contribution in [3.8, 4) is 0 Å². The predicted octanol–water partition coefficient (Wildman–Crippen LogP) is -2.56. The molecule has 7 nitrogen and oxygen atoms in total. The topological polar surface area (TPSA) is 46.7 Å². The van der Waals surface area contributed by atoms with Crippen molar-refractivity contribution in [1.82, 2.24) is 14.1 Å². The van der Waals surface area contributed by atoms with E-state index >= 15 is 0 Å². The van der Waals surface area contributed by atoms with Crippen LogP contribution in [0.2, 0.25) is 0 Å². The highest BCUT2D eigenvalue weighted by atomic mass is 79.9. The fourth-order valence-corrected chi connectivity index (χ4v) is 5.09. The number of nitrogens with one attached hydrogen (secondary N) is 1. The molecule has 1 fully saturated rings. The summed E-state index contributed by atoms with van der Waals surface area (Å²) in [5.41, 5.74) is 1.14. The Labute approximate surface area is 250 Å². The Morgan fingerprint density at radius 2 is 1.71 bits per heavy atom. The first kappa shape index (κ1) is 32.2. The molecule has 1 N–H and O–H groups in total. The van der Waals surface area contributed by atoms with Crippen molar-refractivity contribution < 1.29 is 43.4 Å². The second kappa shape index (κ2) is 18.3. The number of hydrogen-bond acceptors (Lipinski definition) is 3. The lowest BCUT2D eigenvalue weighted by molar-refractivity contribution is -0.905. The van der Waals surface area contributed by atoms with Crippen molar-refractivity contribution in [3.63, 3.8) is 0 Å². The molecule has 210 valence electrons. The van der Waals surface area contributed by atoms with E-state index in [0.717, 1.165) is 25.3 Å². The summed E-state index contributed by atoms with van der Waals surface area (Å²) in [7, 11) is 2.03. The number of hydrogen-bond donors (Lipinski definition) is 1. The molecule has 2 aromatic heterocycles. The monoisotopic (exact) mass is 649 g/mol. The Kier molecular flexibility index (Phi) is 15.6. The molecular weight excluding hydrogens is 606 g/mol. The number of nitrogens with zero attached hydrogens (tertiary/aromatic N) is 6. The molecule has 0 unspecified atom stereocenters. The van der Waals surface area contributed by atoms with Gasteiger partial charge >= 0.3 is 0 Å². The number of para-hydroxylation sites is 1. The molecule has 1 aliphatic heterocycles. The van der Waals surface area contributed by atoms with Gasteiger partial charge in [0, 0.05) is 51.0 Å². The summed E-state index contributed by atoms with van der Waals surface area (Å²) < 4.78 is 6.83. The van der Waals surface area contributed by atoms with E-state index in [2.05, 4.69) is 73.0 Å². The van der Waals surface area contributed by atoms with Crippen LogP contribution >= 0.6 is 0 Å². The lowest BCUT2D eigenvalue weighted by Gasteiger charge is -2.27. The van der Waals surface area contributed by atoms with Gasteiger partial charge in [-0.3, -0.25) is 5.01 Å². The molecule has 0 aliphatic carbocycles. The first-order valence-corrected chi connectivity index (χ1v) is 13.9. The van der Waals surface area contributed by atoms with Gasteiger partial charge in [0.05, 0.1) is 44.7 Å². The molecule has 3 aromatic rings. The van der Waals surface area contributed by atoms with Crippen LogP contribution in [-0.4, -0.2) is 47.0 Å². The quantitative estimate of drug-likeness (QED) is 0.0852. The van der Waals surface area contributed by atoms with E-state index in [4.69, 9.17) is 0 Å². The van der Waals surface area contributed by atoms with Gasteiger partial charge in [0.1, 0.15) is 12.4 Å². The summed E-state index contributed by atoms with van der Waals surface area (Å²) in [6, 6.07) is 10.4. The maximum absolute atomic E-state index is 4.69. The third-order valence-corrected chi connectivity index (χ3v) is 7.40. The number of benzene rings is 1. The van der Waals surface area contributed by atoms with Gasteiger partial charge in [-0.15, -0.1) is 0 Å². The second-order valence-electron chi connectivity index (χ2n) is 10.3. The summed E-state index contributed by atoms with van der Waals surface area (Å²) in [4.78, 5) is 5.89. The van der Waals surface area contributed by atoms with E-state index in [-0.39, 0.29) is 34.0 Å². The van der Waals surface area contributed by atoms with Crippen LogP contribution in [-0.2, 0) is 19.6 Å². The molecular formula is C29H45Br2N7. The highest BCUT2D eigenvalue weighted by molar-refractivity contribution is 5.63. The van der Waals surface area contributed by atoms with Crippen molar-refractivity contribution in [2.75, 3.05) is 31.7 Å². The summed E-state index contributed by atoms with van der Waals surface area (Å²) in [6.45, 7) is 7.20. The Balaban J connectivity index is 0.00000253. The first-order valence-electron chi connectivity index (χ1n) is 13.9. The number of aromatic nitrogens is 4. The minimum absolute atomic E-state index is 0. The minimum Gasteiger partial charge on any atom is -1.00 e. The van der Waals surface area contributed by atoms with Gasteiger partial charge in [0.25, 0.3) is 0 Å². The molecule has 0 atom stereocenters. The molecule has 0 amide bonds. The third-order valence-electron chi connectivity index (χ3n) is 7.40. The molecule has 1 aromatic carbocycles. The zero-order valence-electron chi connectivity index (χ0n) is 22.8. The average Bonchev–Trinajstić information content (AvgIpc) is 3.61. The number of halogens is 2. The standard InChI is InChI=1S/C29H44N7.2BrH/c1-32(29-11-5-4-6-12-29)31-25-28-13-20-33(21-14-28)16-7-2-3-8-18-35-23-24-36(27-35)19-10-9-17-34-22-15-30-26-34;;/h4-6,11-12,15,22-28H,2-3,7-10,13-14,16-21H2,1H3;2*1H/q+1;;/p-1/b31-25+;;. The van der Waals surface area contributed by atoms with Crippen LogP contribution in [0.15, 0.2) is 72.9 Å². The van der Waals surface area contributed by atoms with Crippen LogP contribution in [0.3, 0.4) is 0 Å². The van der Waals surface area contributed by atoms with Gasteiger partial charge < -0.3 is 43.4 Å². The lowest BCUT2D eigenvalue weighted by Crippen LogP contribution is -3.13. The molecule has 0 spiro atoms. The molecule has 9 heteroatoms. The third kappa shape index (κ3) is 11.4. The fourth-order valence-electron chi connectivity index (χ4n) is 5.09. The number of unbranched alkanes of at least 4 members (excludes halogenated alkanes) is 4. The summed E-state index contributed by atoms with van der Waals surface area (Å²) in [6.07, 6.45) is 24.9. The van der Waals surface area contributed by atoms with Crippen LogP contribution in [0.25, 0.3) is 0 Å². The Bertz CT molecular complexity index is 999. The highest BCUT2D eigenvalue weighted by Crippen LogP contribution is 2.13. The maximum atomic E-state index is 4.69. The van der Waals surface area contributed by atoms with Crippen LogP contribution in [0, 0.1) is 5.92 Å². The average molecular weight is 652 g/mol. The van der Waals surface area contributed by atoms with Crippen LogP contribution in [0.5, 0.6) is 0 Å². The van der Waals surface area contributed by atoms with Gasteiger partial charge in [-0.25, -0.2) is 14.1 Å². The van der Waals surface area contributed by atoms with E-state index < -0.39 is 0 Å². The number of quaternary nitrogens is 1. The number of imidazole rings is 2. The van der Waals surface area contributed by atoms with E-state index in [1.165, 1.54) is 71.0 Å². The van der Waals surface area contributed by atoms with E-state index in [1.807, 2.05) is 36.8 Å². The Morgan fingerprint density at radius 1 is 0.974 bits per heavy atom. The van der Waals surface area contributed by atoms with Crippen molar-refractivity contribution in [2.45, 2.75) is 71.0 Å². The summed E-state index contributed by atoms with van der Waals surface area (Å²) >= 11 is 0. The van der Waals surface area contributed by atoms with Crippen molar-refractivity contribution >= 4 is 11.9 Å². The number of rotatable bonds is 15. The number of piperidine rings is 1. The first-order chi connectivity index (χ1) is 17.8. The van der Waals surface area contributed by atoms with Crippen LogP contribution in [0.4, 0.5) is 5.69 Å². The maximum Gasteiger partial charge on any atom is 0.243 e. The largest absolute Gasteiger partial charge is 1.00 e. The van der Waals surface area contributed by atoms with E-state index in [1.54, 1.807) is 4.90 Å². The molecule has 1 saturated heterocycles. The normalized spacial score (nSPS) is 17.2. The van der Waals surface area contributed by atoms with Gasteiger partial charge in [0.15, 0.2) is 0 Å². The number of anilines is 1. The van der Waals surface area contributed by atoms with Crippen LogP contribution in [0.1, 0.15) is 51.4 Å². The van der Waals surface area contributed by atoms with Gasteiger partial charge in [-0.2, -0.15) is 5.10 Å². The van der Waals surface area contributed by atoms with Crippen molar-refractivity contribution in [2.24, 2.45) is 11.0 Å². The zero-order chi connectivity index (χ0) is 24.8. The smallest absolute Gasteiger partial charge is 0.243 e. The SMILES string of the molecule is CN(/N=C/C1CC[NH+](CCCCCC[n+]2ccn(CCCCn3ccnc3)c2)CC1)c1ccccc1.[Br-].[Br-]. The Morgan fingerprint density at radius 3 is 2.45 bits per heavy atom. The second-order valence-corrected chi connectivity index (χ2v) is 10.3. The lowest BCUT2D eigenvalue weighted by atomic mass is 9.98. The van der Waals surface area contributed by atoms with Crippen molar-refractivity contribution in [1.29, 1.82) is 0 Å². The van der Waals surface area contributed by atoms with Crippen LogP contribution < -0.4 is 48.4 Å². The van der Waals surface area contributed by atoms with Gasteiger partial charge in [-0.05, 0) is 50.7 Å². The zero-order valence-corrected chi connectivity index (χ0v) is 26.0. The highest BCUT2D eigenvalue weighted by Gasteiger charge is 2.20. The fraction of sp³-hybridized carbons (Fsp3) is 0.552. The van der Waals surface area contributed by atoms with E-state index in [9.17, 15) is 0 Å². The molecule has 4 rings (SSSR count). The number of aryl methyl sites for hydroxylation is 3.